The molecule has 1 N–H and O–H groups in total. The van der Waals surface area contributed by atoms with Crippen LogP contribution in [0.25, 0.3) is 0 Å². The van der Waals surface area contributed by atoms with Crippen molar-refractivity contribution in [1.82, 2.24) is 9.62 Å². The van der Waals surface area contributed by atoms with Crippen LogP contribution in [0.4, 0.5) is 4.39 Å². The third kappa shape index (κ3) is 3.88. The van der Waals surface area contributed by atoms with Gasteiger partial charge in [-0.25, -0.2) is 12.8 Å². The van der Waals surface area contributed by atoms with Gasteiger partial charge in [0, 0.05) is 18.7 Å². The molecule has 0 radical (unpaired) electrons. The lowest BCUT2D eigenvalue weighted by atomic mass is 10.0. The predicted octanol–water partition coefficient (Wildman–Crippen LogP) is 1.87. The maximum atomic E-state index is 14.2. The Bertz CT molecular complexity index is 856. The average Bonchev–Trinajstić information content (AvgIpc) is 2.62. The summed E-state index contributed by atoms with van der Waals surface area (Å²) < 4.78 is 40.9. The number of nitrogens with zero attached hydrogens (tertiary/aromatic N) is 1. The average molecular weight is 362 g/mol. The molecule has 1 saturated heterocycles. The molecule has 2 aromatic carbocycles. The third-order valence-electron chi connectivity index (χ3n) is 4.22. The molecule has 0 saturated carbocycles. The van der Waals surface area contributed by atoms with Gasteiger partial charge in [-0.1, -0.05) is 48.5 Å². The molecule has 0 spiro atoms. The van der Waals surface area contributed by atoms with Gasteiger partial charge < -0.3 is 5.32 Å². The largest absolute Gasteiger partial charge is 0.353 e. The van der Waals surface area contributed by atoms with Gasteiger partial charge in [-0.2, -0.15) is 4.31 Å². The summed E-state index contributed by atoms with van der Waals surface area (Å²) in [6, 6.07) is 13.9. The topological polar surface area (TPSA) is 66.5 Å². The first-order valence-corrected chi connectivity index (χ1v) is 9.65. The highest BCUT2D eigenvalue weighted by molar-refractivity contribution is 7.89. The number of hydrogen-bond donors (Lipinski definition) is 1. The summed E-state index contributed by atoms with van der Waals surface area (Å²) >= 11 is 0. The van der Waals surface area contributed by atoms with E-state index < -0.39 is 27.8 Å². The molecule has 1 amide bonds. The first-order valence-electron chi connectivity index (χ1n) is 8.04. The van der Waals surface area contributed by atoms with Crippen molar-refractivity contribution in [1.29, 1.82) is 0 Å². The standard InChI is InChI=1S/C18H19FN2O3S/c19-16-9-5-4-8-15(16)17-18(22)20-11-12-21(17)25(23,24)13-10-14-6-2-1-3-7-14/h1-9,17H,10-13H2,(H,20,22). The Balaban J connectivity index is 1.87. The maximum absolute atomic E-state index is 14.2. The predicted molar refractivity (Wildman–Crippen MR) is 92.8 cm³/mol. The van der Waals surface area contributed by atoms with Gasteiger partial charge in [-0.15, -0.1) is 0 Å². The second kappa shape index (κ2) is 7.33. The van der Waals surface area contributed by atoms with Gasteiger partial charge in [0.05, 0.1) is 5.75 Å². The number of carbonyl (C=O) groups is 1. The normalized spacial score (nSPS) is 18.8. The van der Waals surface area contributed by atoms with E-state index >= 15 is 0 Å². The lowest BCUT2D eigenvalue weighted by Crippen LogP contribution is -2.52. The van der Waals surface area contributed by atoms with Crippen molar-refractivity contribution in [3.63, 3.8) is 0 Å². The molecule has 1 aliphatic heterocycles. The minimum Gasteiger partial charge on any atom is -0.353 e. The number of rotatable bonds is 5. The van der Waals surface area contributed by atoms with E-state index in [0.717, 1.165) is 9.87 Å². The minimum absolute atomic E-state index is 0.0722. The minimum atomic E-state index is -3.72. The molecule has 1 heterocycles. The first-order chi connectivity index (χ1) is 12.0. The second-order valence-electron chi connectivity index (χ2n) is 5.88. The monoisotopic (exact) mass is 362 g/mol. The van der Waals surface area contributed by atoms with E-state index in [1.165, 1.54) is 18.2 Å². The highest BCUT2D eigenvalue weighted by Gasteiger charge is 2.39. The van der Waals surface area contributed by atoms with Crippen LogP contribution in [-0.2, 0) is 21.2 Å². The smallest absolute Gasteiger partial charge is 0.243 e. The first kappa shape index (κ1) is 17.6. The molecule has 3 rings (SSSR count). The Morgan fingerprint density at radius 2 is 1.76 bits per heavy atom. The fraction of sp³-hybridized carbons (Fsp3) is 0.278. The fourth-order valence-electron chi connectivity index (χ4n) is 2.95. The van der Waals surface area contributed by atoms with Crippen LogP contribution < -0.4 is 5.32 Å². The molecule has 132 valence electrons. The van der Waals surface area contributed by atoms with E-state index in [9.17, 15) is 17.6 Å². The Kier molecular flexibility index (Phi) is 5.15. The molecular weight excluding hydrogens is 343 g/mol. The van der Waals surface area contributed by atoms with Crippen LogP contribution in [0.15, 0.2) is 54.6 Å². The molecule has 1 aliphatic rings. The van der Waals surface area contributed by atoms with Gasteiger partial charge in [0.2, 0.25) is 15.9 Å². The van der Waals surface area contributed by atoms with E-state index in [1.54, 1.807) is 6.07 Å². The van der Waals surface area contributed by atoms with Crippen molar-refractivity contribution in [2.45, 2.75) is 12.5 Å². The zero-order chi connectivity index (χ0) is 17.9. The molecule has 2 aromatic rings. The SMILES string of the molecule is O=C1NCCN(S(=O)(=O)CCc2ccccc2)C1c1ccccc1F. The van der Waals surface area contributed by atoms with Crippen molar-refractivity contribution in [3.05, 3.63) is 71.5 Å². The Morgan fingerprint density at radius 1 is 1.08 bits per heavy atom. The van der Waals surface area contributed by atoms with E-state index in [2.05, 4.69) is 5.32 Å². The summed E-state index contributed by atoms with van der Waals surface area (Å²) in [7, 11) is -3.72. The molecule has 0 aromatic heterocycles. The van der Waals surface area contributed by atoms with E-state index in [0.29, 0.717) is 6.42 Å². The molecular formula is C18H19FN2O3S. The lowest BCUT2D eigenvalue weighted by Gasteiger charge is -2.34. The molecule has 5 nitrogen and oxygen atoms in total. The Labute approximate surface area is 146 Å². The van der Waals surface area contributed by atoms with Crippen LogP contribution in [0.1, 0.15) is 17.2 Å². The molecule has 0 bridgehead atoms. The van der Waals surface area contributed by atoms with Crippen molar-refractivity contribution < 1.29 is 17.6 Å². The number of aryl methyl sites for hydroxylation is 1. The number of benzene rings is 2. The zero-order valence-corrected chi connectivity index (χ0v) is 14.4. The van der Waals surface area contributed by atoms with Crippen molar-refractivity contribution >= 4 is 15.9 Å². The van der Waals surface area contributed by atoms with Gasteiger partial charge in [0.1, 0.15) is 11.9 Å². The Morgan fingerprint density at radius 3 is 2.48 bits per heavy atom. The van der Waals surface area contributed by atoms with Crippen molar-refractivity contribution in [2.75, 3.05) is 18.8 Å². The van der Waals surface area contributed by atoms with Crippen LogP contribution in [0.5, 0.6) is 0 Å². The summed E-state index contributed by atoms with van der Waals surface area (Å²) in [5, 5.41) is 2.62. The van der Waals surface area contributed by atoms with Crippen molar-refractivity contribution in [2.24, 2.45) is 0 Å². The van der Waals surface area contributed by atoms with Crippen LogP contribution in [-0.4, -0.2) is 37.5 Å². The number of hydrogen-bond acceptors (Lipinski definition) is 3. The molecule has 0 aliphatic carbocycles. The summed E-state index contributed by atoms with van der Waals surface area (Å²) in [5.74, 6) is -1.22. The van der Waals surface area contributed by atoms with Gasteiger partial charge in [-0.3, -0.25) is 4.79 Å². The van der Waals surface area contributed by atoms with E-state index in [4.69, 9.17) is 0 Å². The summed E-state index contributed by atoms with van der Waals surface area (Å²) in [6.07, 6.45) is 0.339. The van der Waals surface area contributed by atoms with E-state index in [-0.39, 0.29) is 24.4 Å². The number of amides is 1. The van der Waals surface area contributed by atoms with Gasteiger partial charge in [0.25, 0.3) is 0 Å². The van der Waals surface area contributed by atoms with Crippen LogP contribution in [0.2, 0.25) is 0 Å². The summed E-state index contributed by atoms with van der Waals surface area (Å²) in [4.78, 5) is 12.3. The second-order valence-corrected chi connectivity index (χ2v) is 7.92. The van der Waals surface area contributed by atoms with Gasteiger partial charge in [0.15, 0.2) is 0 Å². The maximum Gasteiger partial charge on any atom is 0.243 e. The van der Waals surface area contributed by atoms with Crippen molar-refractivity contribution in [3.8, 4) is 0 Å². The van der Waals surface area contributed by atoms with Gasteiger partial charge >= 0.3 is 0 Å². The number of sulfonamides is 1. The van der Waals surface area contributed by atoms with E-state index in [1.807, 2.05) is 30.3 Å². The summed E-state index contributed by atoms with van der Waals surface area (Å²) in [5.41, 5.74) is 0.970. The van der Waals surface area contributed by atoms with Gasteiger partial charge in [-0.05, 0) is 18.1 Å². The third-order valence-corrected chi connectivity index (χ3v) is 6.04. The molecule has 1 unspecified atom stereocenters. The van der Waals surface area contributed by atoms with Crippen LogP contribution in [0.3, 0.4) is 0 Å². The summed E-state index contributed by atoms with van der Waals surface area (Å²) in [6.45, 7) is 0.343. The quantitative estimate of drug-likeness (QED) is 0.883. The number of piperazine rings is 1. The number of nitrogens with one attached hydrogen (secondary N) is 1. The van der Waals surface area contributed by atoms with Crippen LogP contribution in [0, 0.1) is 5.82 Å². The number of carbonyl (C=O) groups excluding carboxylic acids is 1. The molecule has 1 fully saturated rings. The van der Waals surface area contributed by atoms with Crippen LogP contribution >= 0.6 is 0 Å². The Hall–Kier alpha value is -2.25. The fourth-order valence-corrected chi connectivity index (χ4v) is 4.58. The molecule has 1 atom stereocenters. The molecule has 25 heavy (non-hydrogen) atoms. The lowest BCUT2D eigenvalue weighted by molar-refractivity contribution is -0.127. The highest BCUT2D eigenvalue weighted by atomic mass is 32.2. The highest BCUT2D eigenvalue weighted by Crippen LogP contribution is 2.28. The molecule has 7 heteroatoms. The number of halogens is 1. The zero-order valence-electron chi connectivity index (χ0n) is 13.6.